The zero-order valence-electron chi connectivity index (χ0n) is 9.47. The van der Waals surface area contributed by atoms with E-state index in [0.29, 0.717) is 4.34 Å². The van der Waals surface area contributed by atoms with Crippen molar-refractivity contribution in [3.63, 3.8) is 0 Å². The van der Waals surface area contributed by atoms with Crippen molar-refractivity contribution in [3.05, 3.63) is 51.4 Å². The highest BCUT2D eigenvalue weighted by atomic mass is 35.5. The molecule has 19 heavy (non-hydrogen) atoms. The van der Waals surface area contributed by atoms with Crippen LogP contribution in [0.1, 0.15) is 9.67 Å². The maximum atomic E-state index is 13.4. The molecule has 0 aliphatic heterocycles. The van der Waals surface area contributed by atoms with Gasteiger partial charge in [0.1, 0.15) is 16.5 Å². The highest BCUT2D eigenvalue weighted by Crippen LogP contribution is 2.23. The maximum Gasteiger partial charge on any atom is 0.188 e. The first-order chi connectivity index (χ1) is 8.90. The zero-order chi connectivity index (χ0) is 14.0. The van der Waals surface area contributed by atoms with Crippen LogP contribution in [0.15, 0.2) is 41.3 Å². The van der Waals surface area contributed by atoms with Crippen molar-refractivity contribution in [3.8, 4) is 0 Å². The van der Waals surface area contributed by atoms with Crippen molar-refractivity contribution in [2.24, 2.45) is 0 Å². The van der Waals surface area contributed by atoms with Gasteiger partial charge in [-0.2, -0.15) is 0 Å². The van der Waals surface area contributed by atoms with Crippen LogP contribution in [0.5, 0.6) is 0 Å². The molecule has 0 bridgehead atoms. The monoisotopic (exact) mass is 318 g/mol. The Morgan fingerprint density at radius 2 is 1.89 bits per heavy atom. The Labute approximate surface area is 118 Å². The second-order valence-corrected chi connectivity index (χ2v) is 7.39. The van der Waals surface area contributed by atoms with E-state index in [-0.39, 0.29) is 4.88 Å². The second kappa shape index (κ2) is 5.40. The van der Waals surface area contributed by atoms with Crippen molar-refractivity contribution in [2.45, 2.75) is 4.90 Å². The summed E-state index contributed by atoms with van der Waals surface area (Å²) in [4.78, 5) is 11.6. The third-order valence-corrected chi connectivity index (χ3v) is 5.26. The molecular formula is C12H8ClFO3S2. The Kier molecular flexibility index (Phi) is 4.03. The Bertz CT molecular complexity index is 722. The molecule has 7 heteroatoms. The van der Waals surface area contributed by atoms with Crippen LogP contribution in [-0.4, -0.2) is 20.0 Å². The fourth-order valence-electron chi connectivity index (χ4n) is 1.48. The molecule has 2 aromatic rings. The fourth-order valence-corrected chi connectivity index (χ4v) is 3.86. The molecule has 0 spiro atoms. The van der Waals surface area contributed by atoms with E-state index in [1.54, 1.807) is 0 Å². The highest BCUT2D eigenvalue weighted by Gasteiger charge is 2.24. The third kappa shape index (κ3) is 3.20. The van der Waals surface area contributed by atoms with E-state index in [4.69, 9.17) is 11.6 Å². The van der Waals surface area contributed by atoms with E-state index in [2.05, 4.69) is 0 Å². The van der Waals surface area contributed by atoms with Crippen molar-refractivity contribution < 1.29 is 17.6 Å². The number of ketones is 1. The third-order valence-electron chi connectivity index (χ3n) is 2.34. The topological polar surface area (TPSA) is 51.2 Å². The largest absolute Gasteiger partial charge is 0.292 e. The van der Waals surface area contributed by atoms with Crippen molar-refractivity contribution in [2.75, 3.05) is 5.75 Å². The molecule has 1 aromatic heterocycles. The number of rotatable bonds is 4. The summed E-state index contributed by atoms with van der Waals surface area (Å²) in [7, 11) is -3.99. The summed E-state index contributed by atoms with van der Waals surface area (Å²) < 4.78 is 37.7. The Balaban J connectivity index is 2.28. The number of thiophene rings is 1. The van der Waals surface area contributed by atoms with E-state index in [1.807, 2.05) is 0 Å². The van der Waals surface area contributed by atoms with Gasteiger partial charge in [-0.15, -0.1) is 11.3 Å². The van der Waals surface area contributed by atoms with Crippen LogP contribution in [0.4, 0.5) is 4.39 Å². The maximum absolute atomic E-state index is 13.4. The van der Waals surface area contributed by atoms with Crippen LogP contribution in [0.25, 0.3) is 0 Å². The number of benzene rings is 1. The van der Waals surface area contributed by atoms with Crippen LogP contribution >= 0.6 is 22.9 Å². The molecule has 0 amide bonds. The molecule has 0 atom stereocenters. The van der Waals surface area contributed by atoms with Crippen LogP contribution in [0.2, 0.25) is 4.34 Å². The molecule has 0 unspecified atom stereocenters. The lowest BCUT2D eigenvalue weighted by Crippen LogP contribution is -2.16. The molecule has 0 saturated carbocycles. The predicted molar refractivity (Wildman–Crippen MR) is 72.1 cm³/mol. The Hall–Kier alpha value is -1.24. The standard InChI is InChI=1S/C12H8ClFO3S2/c13-12-6-5-10(18-12)9(15)7-19(16,17)11-4-2-1-3-8(11)14/h1-6H,7H2. The lowest BCUT2D eigenvalue weighted by molar-refractivity contribution is 0.102. The molecule has 3 nitrogen and oxygen atoms in total. The van der Waals surface area contributed by atoms with Crippen molar-refractivity contribution in [1.82, 2.24) is 0 Å². The molecule has 0 radical (unpaired) electrons. The average molecular weight is 319 g/mol. The van der Waals surface area contributed by atoms with Gasteiger partial charge in [-0.3, -0.25) is 4.79 Å². The molecular weight excluding hydrogens is 311 g/mol. The van der Waals surface area contributed by atoms with Gasteiger partial charge in [0, 0.05) is 0 Å². The SMILES string of the molecule is O=C(CS(=O)(=O)c1ccccc1F)c1ccc(Cl)s1. The fraction of sp³-hybridized carbons (Fsp3) is 0.0833. The minimum Gasteiger partial charge on any atom is -0.292 e. The van der Waals surface area contributed by atoms with E-state index >= 15 is 0 Å². The van der Waals surface area contributed by atoms with Gasteiger partial charge in [-0.1, -0.05) is 23.7 Å². The van der Waals surface area contributed by atoms with Gasteiger partial charge in [0.05, 0.1) is 9.21 Å². The van der Waals surface area contributed by atoms with E-state index in [0.717, 1.165) is 23.5 Å². The summed E-state index contributed by atoms with van der Waals surface area (Å²) in [6.07, 6.45) is 0. The molecule has 0 aliphatic rings. The molecule has 1 heterocycles. The van der Waals surface area contributed by atoms with Crippen molar-refractivity contribution in [1.29, 1.82) is 0 Å². The lowest BCUT2D eigenvalue weighted by atomic mass is 10.3. The van der Waals surface area contributed by atoms with Crippen LogP contribution in [0, 0.1) is 5.82 Å². The summed E-state index contributed by atoms with van der Waals surface area (Å²) in [6.45, 7) is 0. The summed E-state index contributed by atoms with van der Waals surface area (Å²) in [6, 6.07) is 7.93. The zero-order valence-corrected chi connectivity index (χ0v) is 11.9. The predicted octanol–water partition coefficient (Wildman–Crippen LogP) is 3.20. The quantitative estimate of drug-likeness (QED) is 0.813. The molecule has 2 rings (SSSR count). The normalized spacial score (nSPS) is 11.5. The Morgan fingerprint density at radius 3 is 2.47 bits per heavy atom. The van der Waals surface area contributed by atoms with Gasteiger partial charge in [0.2, 0.25) is 0 Å². The van der Waals surface area contributed by atoms with Crippen LogP contribution in [-0.2, 0) is 9.84 Å². The van der Waals surface area contributed by atoms with Crippen LogP contribution in [0.3, 0.4) is 0 Å². The molecule has 0 fully saturated rings. The second-order valence-electron chi connectivity index (χ2n) is 3.72. The first-order valence-corrected chi connectivity index (χ1v) is 8.00. The molecule has 1 aromatic carbocycles. The van der Waals surface area contributed by atoms with Crippen molar-refractivity contribution >= 4 is 38.6 Å². The first-order valence-electron chi connectivity index (χ1n) is 5.16. The van der Waals surface area contributed by atoms with Crippen LogP contribution < -0.4 is 0 Å². The van der Waals surface area contributed by atoms with E-state index in [1.165, 1.54) is 24.3 Å². The lowest BCUT2D eigenvalue weighted by Gasteiger charge is -2.03. The van der Waals surface area contributed by atoms with Gasteiger partial charge >= 0.3 is 0 Å². The number of halogens is 2. The molecule has 0 aliphatic carbocycles. The molecule has 100 valence electrons. The summed E-state index contributed by atoms with van der Waals surface area (Å²) in [5.41, 5.74) is 0. The summed E-state index contributed by atoms with van der Waals surface area (Å²) >= 11 is 6.67. The molecule has 0 N–H and O–H groups in total. The van der Waals surface area contributed by atoms with Gasteiger partial charge in [-0.25, -0.2) is 12.8 Å². The highest BCUT2D eigenvalue weighted by molar-refractivity contribution is 7.92. The smallest absolute Gasteiger partial charge is 0.188 e. The van der Waals surface area contributed by atoms with Gasteiger partial charge in [0.25, 0.3) is 0 Å². The number of carbonyl (C=O) groups excluding carboxylic acids is 1. The minimum atomic E-state index is -3.99. The average Bonchev–Trinajstić information content (AvgIpc) is 2.76. The van der Waals surface area contributed by atoms with Gasteiger partial charge < -0.3 is 0 Å². The molecule has 0 saturated heterocycles. The number of Topliss-reactive ketones (excluding diaryl/α,β-unsaturated/α-hetero) is 1. The number of sulfone groups is 1. The summed E-state index contributed by atoms with van der Waals surface area (Å²) in [5.74, 6) is -2.23. The first kappa shape index (κ1) is 14.2. The number of carbonyl (C=O) groups is 1. The summed E-state index contributed by atoms with van der Waals surface area (Å²) in [5, 5.41) is 0. The van der Waals surface area contributed by atoms with Gasteiger partial charge in [0.15, 0.2) is 15.6 Å². The Morgan fingerprint density at radius 1 is 1.21 bits per heavy atom. The number of hydrogen-bond donors (Lipinski definition) is 0. The van der Waals surface area contributed by atoms with E-state index in [9.17, 15) is 17.6 Å². The van der Waals surface area contributed by atoms with Gasteiger partial charge in [-0.05, 0) is 24.3 Å². The minimum absolute atomic E-state index is 0.241. The van der Waals surface area contributed by atoms with E-state index < -0.39 is 32.1 Å². The number of hydrogen-bond acceptors (Lipinski definition) is 4.